The lowest BCUT2D eigenvalue weighted by molar-refractivity contribution is -0.125. The van der Waals surface area contributed by atoms with Crippen molar-refractivity contribution in [2.45, 2.75) is 32.2 Å². The summed E-state index contributed by atoms with van der Waals surface area (Å²) in [4.78, 5) is 34.0. The maximum Gasteiger partial charge on any atom is 0.249 e. The van der Waals surface area contributed by atoms with Gasteiger partial charge in [0.25, 0.3) is 0 Å². The number of benzene rings is 2. The second kappa shape index (κ2) is 9.20. The zero-order chi connectivity index (χ0) is 21.8. The third-order valence-corrected chi connectivity index (χ3v) is 5.76. The Labute approximate surface area is 183 Å². The van der Waals surface area contributed by atoms with E-state index in [0.717, 1.165) is 26.2 Å². The second-order valence-corrected chi connectivity index (χ2v) is 8.30. The van der Waals surface area contributed by atoms with Crippen LogP contribution in [0.25, 0.3) is 0 Å². The Morgan fingerprint density at radius 2 is 1.65 bits per heavy atom. The van der Waals surface area contributed by atoms with Crippen LogP contribution in [0.5, 0.6) is 0 Å². The van der Waals surface area contributed by atoms with Gasteiger partial charge >= 0.3 is 0 Å². The number of piperazine rings is 1. The van der Waals surface area contributed by atoms with Crippen LogP contribution in [0.4, 0.5) is 11.4 Å². The van der Waals surface area contributed by atoms with Gasteiger partial charge in [0.2, 0.25) is 17.8 Å². The van der Waals surface area contributed by atoms with E-state index in [-0.39, 0.29) is 18.2 Å². The highest BCUT2D eigenvalue weighted by Gasteiger charge is 2.30. The van der Waals surface area contributed by atoms with Crippen LogP contribution in [0, 0.1) is 0 Å². The molecular formula is C24H29N5O2. The Morgan fingerprint density at radius 3 is 2.29 bits per heavy atom. The van der Waals surface area contributed by atoms with E-state index in [1.807, 2.05) is 47.4 Å². The fraction of sp³-hybridized carbons (Fsp3) is 0.375. The Kier molecular flexibility index (Phi) is 6.21. The highest BCUT2D eigenvalue weighted by atomic mass is 16.2. The zero-order valence-electron chi connectivity index (χ0n) is 18.0. The Morgan fingerprint density at radius 1 is 1.00 bits per heavy atom. The predicted molar refractivity (Wildman–Crippen MR) is 123 cm³/mol. The molecule has 0 saturated carbocycles. The van der Waals surface area contributed by atoms with Crippen LogP contribution >= 0.6 is 0 Å². The van der Waals surface area contributed by atoms with Crippen LogP contribution in [-0.2, 0) is 9.59 Å². The van der Waals surface area contributed by atoms with Gasteiger partial charge in [-0.2, -0.15) is 0 Å². The van der Waals surface area contributed by atoms with Crippen molar-refractivity contribution in [2.24, 2.45) is 4.99 Å². The van der Waals surface area contributed by atoms with Crippen LogP contribution in [-0.4, -0.2) is 54.9 Å². The molecule has 2 aliphatic rings. The van der Waals surface area contributed by atoms with Gasteiger partial charge in [-0.3, -0.25) is 14.9 Å². The van der Waals surface area contributed by atoms with Crippen molar-refractivity contribution in [1.82, 2.24) is 10.2 Å². The number of nitrogens with zero attached hydrogens (tertiary/aromatic N) is 3. The van der Waals surface area contributed by atoms with Gasteiger partial charge in [0, 0.05) is 37.6 Å². The van der Waals surface area contributed by atoms with Crippen molar-refractivity contribution in [2.75, 3.05) is 36.4 Å². The first-order valence-electron chi connectivity index (χ1n) is 10.8. The first-order valence-corrected chi connectivity index (χ1v) is 10.8. The van der Waals surface area contributed by atoms with Crippen molar-refractivity contribution in [3.05, 3.63) is 60.2 Å². The summed E-state index contributed by atoms with van der Waals surface area (Å²) in [6.07, 6.45) is 0.0589. The Bertz CT molecular complexity index is 948. The van der Waals surface area contributed by atoms with E-state index in [1.165, 1.54) is 11.3 Å². The molecule has 2 N–H and O–H groups in total. The summed E-state index contributed by atoms with van der Waals surface area (Å²) in [6, 6.07) is 17.4. The molecule has 7 nitrogen and oxygen atoms in total. The molecule has 0 bridgehead atoms. The summed E-state index contributed by atoms with van der Waals surface area (Å²) in [5.41, 5.74) is 3.12. The van der Waals surface area contributed by atoms with Crippen molar-refractivity contribution >= 4 is 29.1 Å². The molecule has 0 aliphatic carbocycles. The summed E-state index contributed by atoms with van der Waals surface area (Å²) in [6.45, 7) is 7.39. The average Bonchev–Trinajstić information content (AvgIpc) is 2.79. The highest BCUT2D eigenvalue weighted by Crippen LogP contribution is 2.19. The van der Waals surface area contributed by atoms with Gasteiger partial charge < -0.3 is 15.1 Å². The molecule has 4 rings (SSSR count). The average molecular weight is 420 g/mol. The largest absolute Gasteiger partial charge is 0.368 e. The maximum absolute atomic E-state index is 12.8. The Hall–Kier alpha value is -3.35. The van der Waals surface area contributed by atoms with E-state index in [1.54, 1.807) is 0 Å². The molecule has 1 fully saturated rings. The number of para-hydroxylation sites is 1. The molecule has 2 aliphatic heterocycles. The van der Waals surface area contributed by atoms with Crippen LogP contribution < -0.4 is 15.5 Å². The predicted octanol–water partition coefficient (Wildman–Crippen LogP) is 2.82. The lowest BCUT2D eigenvalue weighted by atomic mass is 10.0. The molecular weight excluding hydrogens is 390 g/mol. The van der Waals surface area contributed by atoms with Crippen molar-refractivity contribution in [1.29, 1.82) is 0 Å². The molecule has 0 radical (unpaired) electrons. The summed E-state index contributed by atoms with van der Waals surface area (Å²) >= 11 is 0. The monoisotopic (exact) mass is 419 g/mol. The van der Waals surface area contributed by atoms with Gasteiger partial charge in [0.15, 0.2) is 0 Å². The first kappa shape index (κ1) is 20.9. The number of anilines is 2. The molecule has 2 aromatic rings. The van der Waals surface area contributed by atoms with Gasteiger partial charge in [-0.15, -0.1) is 0 Å². The lowest BCUT2D eigenvalue weighted by Gasteiger charge is -2.38. The lowest BCUT2D eigenvalue weighted by Crippen LogP contribution is -2.56. The third kappa shape index (κ3) is 5.05. The highest BCUT2D eigenvalue weighted by molar-refractivity contribution is 6.06. The van der Waals surface area contributed by atoms with Crippen LogP contribution in [0.3, 0.4) is 0 Å². The van der Waals surface area contributed by atoms with Crippen LogP contribution in [0.15, 0.2) is 59.6 Å². The number of hydrogen-bond acceptors (Lipinski definition) is 5. The minimum Gasteiger partial charge on any atom is -0.368 e. The molecule has 2 aromatic carbocycles. The number of guanidine groups is 1. The topological polar surface area (TPSA) is 77.0 Å². The normalized spacial score (nSPS) is 19.1. The SMILES string of the molecule is CC(C)c1ccc(NC(=O)[C@@H]2CC(=O)NC(N3CCN(c4ccccc4)CC3)=N2)cc1. The fourth-order valence-corrected chi connectivity index (χ4v) is 3.88. The molecule has 1 saturated heterocycles. The Balaban J connectivity index is 1.39. The molecule has 162 valence electrons. The first-order chi connectivity index (χ1) is 15.0. The fourth-order valence-electron chi connectivity index (χ4n) is 3.88. The molecule has 0 spiro atoms. The van der Waals surface area contributed by atoms with Crippen molar-refractivity contribution in [3.63, 3.8) is 0 Å². The molecule has 7 heteroatoms. The van der Waals surface area contributed by atoms with Crippen molar-refractivity contribution in [3.8, 4) is 0 Å². The number of carbonyl (C=O) groups is 2. The number of hydrogen-bond donors (Lipinski definition) is 2. The number of rotatable bonds is 4. The van der Waals surface area contributed by atoms with E-state index in [4.69, 9.17) is 0 Å². The van der Waals surface area contributed by atoms with Gasteiger partial charge in [-0.25, -0.2) is 4.99 Å². The van der Waals surface area contributed by atoms with Gasteiger partial charge in [0.05, 0.1) is 6.42 Å². The van der Waals surface area contributed by atoms with E-state index < -0.39 is 6.04 Å². The molecule has 2 heterocycles. The standard InChI is InChI=1S/C24H29N5O2/c1-17(2)18-8-10-19(11-9-18)25-23(31)21-16-22(30)27-24(26-21)29-14-12-28(13-15-29)20-6-4-3-5-7-20/h3-11,17,21H,12-16H2,1-2H3,(H,25,31)(H,26,27,30)/t21-/m0/s1. The van der Waals surface area contributed by atoms with E-state index in [9.17, 15) is 9.59 Å². The number of aliphatic imine (C=N–C) groups is 1. The molecule has 1 atom stereocenters. The van der Waals surface area contributed by atoms with Gasteiger partial charge in [-0.05, 0) is 35.7 Å². The van der Waals surface area contributed by atoms with Crippen LogP contribution in [0.1, 0.15) is 31.7 Å². The molecule has 0 unspecified atom stereocenters. The second-order valence-electron chi connectivity index (χ2n) is 8.30. The van der Waals surface area contributed by atoms with E-state index in [0.29, 0.717) is 17.6 Å². The van der Waals surface area contributed by atoms with Gasteiger partial charge in [-0.1, -0.05) is 44.2 Å². The number of carbonyl (C=O) groups excluding carboxylic acids is 2. The molecule has 0 aromatic heterocycles. The molecule has 2 amide bonds. The number of amides is 2. The maximum atomic E-state index is 12.8. The number of nitrogens with one attached hydrogen (secondary N) is 2. The van der Waals surface area contributed by atoms with Crippen molar-refractivity contribution < 1.29 is 9.59 Å². The summed E-state index contributed by atoms with van der Waals surface area (Å²) in [5, 5.41) is 5.75. The minimum absolute atomic E-state index is 0.0589. The smallest absolute Gasteiger partial charge is 0.249 e. The summed E-state index contributed by atoms with van der Waals surface area (Å²) in [7, 11) is 0. The van der Waals surface area contributed by atoms with E-state index >= 15 is 0 Å². The van der Waals surface area contributed by atoms with E-state index in [2.05, 4.69) is 46.5 Å². The van der Waals surface area contributed by atoms with Crippen LogP contribution in [0.2, 0.25) is 0 Å². The third-order valence-electron chi connectivity index (χ3n) is 5.76. The summed E-state index contributed by atoms with van der Waals surface area (Å²) in [5.74, 6) is 0.499. The summed E-state index contributed by atoms with van der Waals surface area (Å²) < 4.78 is 0. The zero-order valence-corrected chi connectivity index (χ0v) is 18.0. The quantitative estimate of drug-likeness (QED) is 0.799. The molecule has 31 heavy (non-hydrogen) atoms. The minimum atomic E-state index is -0.722. The van der Waals surface area contributed by atoms with Gasteiger partial charge in [0.1, 0.15) is 6.04 Å².